The molecule has 0 aliphatic rings. The Labute approximate surface area is 107 Å². The SMILES string of the molecule is CNCc1cn(Cc2ccc(F)c(Br)c2)nn1. The number of nitrogens with one attached hydrogen (secondary N) is 1. The quantitative estimate of drug-likeness (QED) is 0.938. The van der Waals surface area contributed by atoms with Gasteiger partial charge in [-0.3, -0.25) is 0 Å². The maximum absolute atomic E-state index is 13.1. The number of hydrogen-bond acceptors (Lipinski definition) is 3. The summed E-state index contributed by atoms with van der Waals surface area (Å²) in [5, 5.41) is 11.0. The highest BCUT2D eigenvalue weighted by atomic mass is 79.9. The predicted molar refractivity (Wildman–Crippen MR) is 66.0 cm³/mol. The molecule has 1 aromatic heterocycles. The van der Waals surface area contributed by atoms with E-state index in [0.717, 1.165) is 11.3 Å². The van der Waals surface area contributed by atoms with Crippen molar-refractivity contribution >= 4 is 15.9 Å². The molecule has 0 radical (unpaired) electrons. The van der Waals surface area contributed by atoms with Crippen molar-refractivity contribution in [1.82, 2.24) is 20.3 Å². The van der Waals surface area contributed by atoms with Crippen LogP contribution in [0.4, 0.5) is 4.39 Å². The Morgan fingerprint density at radius 3 is 3.00 bits per heavy atom. The predicted octanol–water partition coefficient (Wildman–Crippen LogP) is 1.95. The van der Waals surface area contributed by atoms with Crippen LogP contribution in [0.25, 0.3) is 0 Å². The second-order valence-corrected chi connectivity index (χ2v) is 4.54. The second kappa shape index (κ2) is 5.37. The molecule has 0 fully saturated rings. The van der Waals surface area contributed by atoms with Crippen molar-refractivity contribution in [3.63, 3.8) is 0 Å². The monoisotopic (exact) mass is 298 g/mol. The minimum Gasteiger partial charge on any atom is -0.314 e. The van der Waals surface area contributed by atoms with E-state index in [4.69, 9.17) is 0 Å². The van der Waals surface area contributed by atoms with Gasteiger partial charge in [0.1, 0.15) is 5.82 Å². The highest BCUT2D eigenvalue weighted by Crippen LogP contribution is 2.17. The van der Waals surface area contributed by atoms with Crippen LogP contribution in [0.15, 0.2) is 28.9 Å². The van der Waals surface area contributed by atoms with Gasteiger partial charge in [-0.1, -0.05) is 11.3 Å². The van der Waals surface area contributed by atoms with E-state index in [2.05, 4.69) is 31.6 Å². The molecule has 0 saturated carbocycles. The first kappa shape index (κ1) is 12.2. The van der Waals surface area contributed by atoms with Gasteiger partial charge in [-0.2, -0.15) is 0 Å². The molecule has 4 nitrogen and oxygen atoms in total. The average Bonchev–Trinajstić information content (AvgIpc) is 2.72. The van der Waals surface area contributed by atoms with Crippen molar-refractivity contribution < 1.29 is 4.39 Å². The molecule has 0 spiro atoms. The van der Waals surface area contributed by atoms with E-state index in [1.165, 1.54) is 6.07 Å². The molecule has 0 aliphatic carbocycles. The topological polar surface area (TPSA) is 42.7 Å². The maximum atomic E-state index is 13.1. The molecule has 17 heavy (non-hydrogen) atoms. The third-order valence-corrected chi connectivity index (χ3v) is 2.88. The summed E-state index contributed by atoms with van der Waals surface area (Å²) in [6.45, 7) is 1.27. The van der Waals surface area contributed by atoms with Crippen molar-refractivity contribution in [3.05, 3.63) is 45.9 Å². The second-order valence-electron chi connectivity index (χ2n) is 3.69. The van der Waals surface area contributed by atoms with E-state index in [0.29, 0.717) is 17.6 Å². The Hall–Kier alpha value is -1.27. The van der Waals surface area contributed by atoms with E-state index in [1.54, 1.807) is 16.8 Å². The molecule has 1 N–H and O–H groups in total. The summed E-state index contributed by atoms with van der Waals surface area (Å²) < 4.78 is 15.2. The minimum absolute atomic E-state index is 0.261. The van der Waals surface area contributed by atoms with Crippen molar-refractivity contribution in [3.8, 4) is 0 Å². The van der Waals surface area contributed by atoms with Crippen LogP contribution in [0.1, 0.15) is 11.3 Å². The number of benzene rings is 1. The fourth-order valence-corrected chi connectivity index (χ4v) is 1.93. The summed E-state index contributed by atoms with van der Waals surface area (Å²) in [6, 6.07) is 4.92. The first-order valence-electron chi connectivity index (χ1n) is 5.16. The largest absolute Gasteiger partial charge is 0.314 e. The van der Waals surface area contributed by atoms with Crippen molar-refractivity contribution in [1.29, 1.82) is 0 Å². The van der Waals surface area contributed by atoms with Crippen LogP contribution in [0.3, 0.4) is 0 Å². The Morgan fingerprint density at radius 2 is 2.29 bits per heavy atom. The zero-order chi connectivity index (χ0) is 12.3. The third-order valence-electron chi connectivity index (χ3n) is 2.27. The number of rotatable bonds is 4. The zero-order valence-corrected chi connectivity index (χ0v) is 10.9. The van der Waals surface area contributed by atoms with E-state index in [1.807, 2.05) is 13.2 Å². The standard InChI is InChI=1S/C11H12BrFN4/c1-14-5-9-7-17(16-15-9)6-8-2-3-11(13)10(12)4-8/h2-4,7,14H,5-6H2,1H3. The van der Waals surface area contributed by atoms with Crippen molar-refractivity contribution in [2.45, 2.75) is 13.1 Å². The van der Waals surface area contributed by atoms with Crippen LogP contribution < -0.4 is 5.32 Å². The normalized spacial score (nSPS) is 10.8. The molecule has 0 bridgehead atoms. The summed E-state index contributed by atoms with van der Waals surface area (Å²) in [4.78, 5) is 0. The Morgan fingerprint density at radius 1 is 1.47 bits per heavy atom. The zero-order valence-electron chi connectivity index (χ0n) is 9.32. The van der Waals surface area contributed by atoms with E-state index >= 15 is 0 Å². The van der Waals surface area contributed by atoms with Gasteiger partial charge < -0.3 is 5.32 Å². The summed E-state index contributed by atoms with van der Waals surface area (Å²) >= 11 is 3.16. The lowest BCUT2D eigenvalue weighted by molar-refractivity contribution is 0.615. The Bertz CT molecular complexity index is 512. The fourth-order valence-electron chi connectivity index (χ4n) is 1.50. The van der Waals surface area contributed by atoms with Gasteiger partial charge in [0.2, 0.25) is 0 Å². The lowest BCUT2D eigenvalue weighted by Crippen LogP contribution is -2.05. The van der Waals surface area contributed by atoms with Gasteiger partial charge in [0, 0.05) is 6.54 Å². The van der Waals surface area contributed by atoms with Gasteiger partial charge in [-0.25, -0.2) is 9.07 Å². The van der Waals surface area contributed by atoms with Crippen LogP contribution in [-0.4, -0.2) is 22.0 Å². The highest BCUT2D eigenvalue weighted by Gasteiger charge is 2.03. The first-order chi connectivity index (χ1) is 8.19. The molecule has 1 aromatic carbocycles. The van der Waals surface area contributed by atoms with E-state index < -0.39 is 0 Å². The maximum Gasteiger partial charge on any atom is 0.137 e. The Kier molecular flexibility index (Phi) is 3.86. The molecule has 0 aliphatic heterocycles. The number of nitrogens with zero attached hydrogens (tertiary/aromatic N) is 3. The number of hydrogen-bond donors (Lipinski definition) is 1. The molecular weight excluding hydrogens is 287 g/mol. The lowest BCUT2D eigenvalue weighted by atomic mass is 10.2. The smallest absolute Gasteiger partial charge is 0.137 e. The molecule has 90 valence electrons. The van der Waals surface area contributed by atoms with Gasteiger partial charge in [-0.15, -0.1) is 5.10 Å². The highest BCUT2D eigenvalue weighted by molar-refractivity contribution is 9.10. The van der Waals surface area contributed by atoms with Crippen LogP contribution in [0, 0.1) is 5.82 Å². The van der Waals surface area contributed by atoms with Crippen molar-refractivity contribution in [2.75, 3.05) is 7.05 Å². The molecule has 2 aromatic rings. The van der Waals surface area contributed by atoms with Crippen LogP contribution >= 0.6 is 15.9 Å². The fraction of sp³-hybridized carbons (Fsp3) is 0.273. The van der Waals surface area contributed by atoms with E-state index in [-0.39, 0.29) is 5.82 Å². The van der Waals surface area contributed by atoms with Crippen molar-refractivity contribution in [2.24, 2.45) is 0 Å². The first-order valence-corrected chi connectivity index (χ1v) is 5.96. The molecule has 0 amide bonds. The van der Waals surface area contributed by atoms with Crippen LogP contribution in [0.2, 0.25) is 0 Å². The Balaban J connectivity index is 2.11. The average molecular weight is 299 g/mol. The minimum atomic E-state index is -0.261. The van der Waals surface area contributed by atoms with E-state index in [9.17, 15) is 4.39 Å². The molecule has 0 saturated heterocycles. The molecule has 0 unspecified atom stereocenters. The van der Waals surface area contributed by atoms with Gasteiger partial charge in [0.15, 0.2) is 0 Å². The molecule has 6 heteroatoms. The summed E-state index contributed by atoms with van der Waals surface area (Å²) in [5.41, 5.74) is 1.85. The molecule has 1 heterocycles. The van der Waals surface area contributed by atoms with Gasteiger partial charge >= 0.3 is 0 Å². The number of aromatic nitrogens is 3. The van der Waals surface area contributed by atoms with Crippen LogP contribution in [0.5, 0.6) is 0 Å². The van der Waals surface area contributed by atoms with Gasteiger partial charge in [0.05, 0.1) is 22.9 Å². The van der Waals surface area contributed by atoms with Gasteiger partial charge in [0.25, 0.3) is 0 Å². The lowest BCUT2D eigenvalue weighted by Gasteiger charge is -2.02. The summed E-state index contributed by atoms with van der Waals surface area (Å²) in [6.07, 6.45) is 1.87. The summed E-state index contributed by atoms with van der Waals surface area (Å²) in [5.74, 6) is -0.261. The van der Waals surface area contributed by atoms with Crippen LogP contribution in [-0.2, 0) is 13.1 Å². The molecule has 2 rings (SSSR count). The molecule has 0 atom stereocenters. The van der Waals surface area contributed by atoms with Gasteiger partial charge in [-0.05, 0) is 40.7 Å². The number of halogens is 2. The third kappa shape index (κ3) is 3.10. The summed E-state index contributed by atoms with van der Waals surface area (Å²) in [7, 11) is 1.86. The molecular formula is C11H12BrFN4.